The Morgan fingerprint density at radius 2 is 1.91 bits per heavy atom. The normalized spacial score (nSPS) is 11.3. The number of aliphatic hydroxyl groups excluding tert-OH is 1. The van der Waals surface area contributed by atoms with E-state index in [4.69, 9.17) is 11.6 Å². The Morgan fingerprint density at radius 3 is 2.52 bits per heavy atom. The molecule has 0 radical (unpaired) electrons. The molecule has 0 fully saturated rings. The molecule has 0 saturated heterocycles. The Bertz CT molecular complexity index is 1550. The number of pyridine rings is 1. The molecule has 0 bridgehead atoms. The van der Waals surface area contributed by atoms with Crippen LogP contribution < -0.4 is 11.2 Å². The van der Waals surface area contributed by atoms with Gasteiger partial charge in [0.25, 0.3) is 5.56 Å². The largest absolute Gasteiger partial charge is 0.388 e. The van der Waals surface area contributed by atoms with Crippen LogP contribution in [0.2, 0.25) is 5.02 Å². The van der Waals surface area contributed by atoms with Crippen molar-refractivity contribution < 1.29 is 9.50 Å². The van der Waals surface area contributed by atoms with Crippen LogP contribution in [-0.2, 0) is 13.2 Å². The van der Waals surface area contributed by atoms with Crippen molar-refractivity contribution >= 4 is 27.9 Å². The van der Waals surface area contributed by atoms with Crippen LogP contribution in [0.25, 0.3) is 27.7 Å². The Balaban J connectivity index is 2.07. The van der Waals surface area contributed by atoms with Crippen LogP contribution in [-0.4, -0.2) is 24.0 Å². The first-order valence-electron chi connectivity index (χ1n) is 10.3. The van der Waals surface area contributed by atoms with E-state index < -0.39 is 23.7 Å². The number of hydrogen-bond donors (Lipinski definition) is 1. The molecular formula is C24H22ClFN4O3. The standard InChI is InChI=1S/C24H22ClFN4O3/c1-5-28-22(12-31)27-30(24(28)33)21-10-15-16(9-19(21)26)23(32)29(11-17(15)13(2)3)20-8-14(4)6-7-18(20)25/h6-11,31H,2,5,12H2,1,3-4H3. The van der Waals surface area contributed by atoms with Crippen LogP contribution in [0.5, 0.6) is 0 Å². The van der Waals surface area contributed by atoms with Gasteiger partial charge in [0.15, 0.2) is 5.82 Å². The summed E-state index contributed by atoms with van der Waals surface area (Å²) >= 11 is 6.36. The van der Waals surface area contributed by atoms with E-state index in [0.717, 1.165) is 16.3 Å². The maximum atomic E-state index is 15.3. The van der Waals surface area contributed by atoms with Crippen LogP contribution in [0, 0.1) is 12.7 Å². The molecule has 33 heavy (non-hydrogen) atoms. The zero-order chi connectivity index (χ0) is 24.0. The number of nitrogens with zero attached hydrogens (tertiary/aromatic N) is 4. The summed E-state index contributed by atoms with van der Waals surface area (Å²) in [6.45, 7) is 9.18. The van der Waals surface area contributed by atoms with Gasteiger partial charge >= 0.3 is 5.69 Å². The molecule has 0 saturated carbocycles. The lowest BCUT2D eigenvalue weighted by Gasteiger charge is -2.15. The topological polar surface area (TPSA) is 82.0 Å². The van der Waals surface area contributed by atoms with Crippen molar-refractivity contribution in [3.8, 4) is 11.4 Å². The van der Waals surface area contributed by atoms with E-state index in [1.807, 2.05) is 13.0 Å². The van der Waals surface area contributed by atoms with Gasteiger partial charge in [0.05, 0.1) is 16.1 Å². The summed E-state index contributed by atoms with van der Waals surface area (Å²) in [5, 5.41) is 14.5. The molecule has 0 aliphatic heterocycles. The molecule has 0 aliphatic carbocycles. The molecule has 0 amide bonds. The lowest BCUT2D eigenvalue weighted by Crippen LogP contribution is -2.25. The monoisotopic (exact) mass is 468 g/mol. The van der Waals surface area contributed by atoms with Gasteiger partial charge in [0.1, 0.15) is 18.1 Å². The molecule has 4 aromatic rings. The maximum absolute atomic E-state index is 15.3. The van der Waals surface area contributed by atoms with Gasteiger partial charge in [-0.25, -0.2) is 9.18 Å². The number of halogens is 2. The van der Waals surface area contributed by atoms with Crippen LogP contribution in [0.3, 0.4) is 0 Å². The molecule has 0 atom stereocenters. The second-order valence-corrected chi connectivity index (χ2v) is 8.22. The molecule has 0 aliphatic rings. The fourth-order valence-electron chi connectivity index (χ4n) is 3.87. The van der Waals surface area contributed by atoms with Crippen LogP contribution in [0.1, 0.15) is 30.8 Å². The average molecular weight is 469 g/mol. The van der Waals surface area contributed by atoms with E-state index >= 15 is 4.39 Å². The zero-order valence-electron chi connectivity index (χ0n) is 18.4. The molecule has 2 aromatic carbocycles. The van der Waals surface area contributed by atoms with Gasteiger partial charge in [0, 0.05) is 18.3 Å². The van der Waals surface area contributed by atoms with E-state index in [1.165, 1.54) is 15.2 Å². The molecule has 0 spiro atoms. The number of aryl methyl sites for hydroxylation is 1. The maximum Gasteiger partial charge on any atom is 0.350 e. The van der Waals surface area contributed by atoms with Gasteiger partial charge in [-0.3, -0.25) is 13.9 Å². The Kier molecular flexibility index (Phi) is 5.82. The summed E-state index contributed by atoms with van der Waals surface area (Å²) in [6, 6.07) is 7.80. The lowest BCUT2D eigenvalue weighted by molar-refractivity contribution is 0.264. The highest BCUT2D eigenvalue weighted by atomic mass is 35.5. The summed E-state index contributed by atoms with van der Waals surface area (Å²) in [5.41, 5.74) is 1.44. The third-order valence-electron chi connectivity index (χ3n) is 5.53. The highest BCUT2D eigenvalue weighted by Crippen LogP contribution is 2.28. The first kappa shape index (κ1) is 22.7. The fourth-order valence-corrected chi connectivity index (χ4v) is 4.07. The van der Waals surface area contributed by atoms with Crippen molar-refractivity contribution in [2.24, 2.45) is 0 Å². The number of benzene rings is 2. The molecule has 9 heteroatoms. The number of hydrogen-bond acceptors (Lipinski definition) is 4. The summed E-state index contributed by atoms with van der Waals surface area (Å²) < 4.78 is 18.8. The lowest BCUT2D eigenvalue weighted by atomic mass is 10.0. The molecule has 2 aromatic heterocycles. The third-order valence-corrected chi connectivity index (χ3v) is 5.85. The van der Waals surface area contributed by atoms with E-state index in [0.29, 0.717) is 27.2 Å². The zero-order valence-corrected chi connectivity index (χ0v) is 19.1. The molecule has 2 heterocycles. The molecule has 170 valence electrons. The van der Waals surface area contributed by atoms with Crippen LogP contribution in [0.15, 0.2) is 52.7 Å². The van der Waals surface area contributed by atoms with Gasteiger partial charge < -0.3 is 5.11 Å². The van der Waals surface area contributed by atoms with E-state index in [2.05, 4.69) is 11.7 Å². The third kappa shape index (κ3) is 3.71. The molecule has 1 N–H and O–H groups in total. The fraction of sp³-hybridized carbons (Fsp3) is 0.208. The smallest absolute Gasteiger partial charge is 0.350 e. The minimum atomic E-state index is -0.798. The number of aromatic nitrogens is 4. The minimum Gasteiger partial charge on any atom is -0.388 e. The number of aliphatic hydroxyl groups is 1. The van der Waals surface area contributed by atoms with Gasteiger partial charge in [-0.15, -0.1) is 5.10 Å². The molecule has 4 rings (SSSR count). The molecule has 7 nitrogen and oxygen atoms in total. The second-order valence-electron chi connectivity index (χ2n) is 7.82. The van der Waals surface area contributed by atoms with Crippen molar-refractivity contribution in [3.05, 3.63) is 91.7 Å². The Labute approximate surface area is 193 Å². The predicted octanol–water partition coefficient (Wildman–Crippen LogP) is 3.98. The summed E-state index contributed by atoms with van der Waals surface area (Å²) in [4.78, 5) is 26.1. The van der Waals surface area contributed by atoms with E-state index in [-0.39, 0.29) is 23.4 Å². The van der Waals surface area contributed by atoms with Gasteiger partial charge in [-0.2, -0.15) is 4.68 Å². The molecule has 0 unspecified atom stereocenters. The van der Waals surface area contributed by atoms with E-state index in [1.54, 1.807) is 32.2 Å². The van der Waals surface area contributed by atoms with Crippen molar-refractivity contribution in [2.75, 3.05) is 0 Å². The first-order chi connectivity index (χ1) is 15.7. The minimum absolute atomic E-state index is 0.111. The second kappa shape index (κ2) is 8.46. The quantitative estimate of drug-likeness (QED) is 0.480. The van der Waals surface area contributed by atoms with Crippen molar-refractivity contribution in [3.63, 3.8) is 0 Å². The Hall–Kier alpha value is -3.49. The highest BCUT2D eigenvalue weighted by molar-refractivity contribution is 6.32. The van der Waals surface area contributed by atoms with Crippen LogP contribution in [0.4, 0.5) is 4.39 Å². The summed E-state index contributed by atoms with van der Waals surface area (Å²) in [5.74, 6) is -0.681. The molecular weight excluding hydrogens is 447 g/mol. The highest BCUT2D eigenvalue weighted by Gasteiger charge is 2.20. The average Bonchev–Trinajstić information content (AvgIpc) is 3.10. The van der Waals surface area contributed by atoms with Crippen molar-refractivity contribution in [1.82, 2.24) is 18.9 Å². The van der Waals surface area contributed by atoms with Gasteiger partial charge in [-0.1, -0.05) is 24.2 Å². The number of fused-ring (bicyclic) bond motifs is 1. The summed E-state index contributed by atoms with van der Waals surface area (Å²) in [7, 11) is 0. The number of allylic oxidation sites excluding steroid dienone is 1. The predicted molar refractivity (Wildman–Crippen MR) is 127 cm³/mol. The SMILES string of the molecule is C=C(C)c1cn(-c2cc(C)ccc2Cl)c(=O)c2cc(F)c(-n3nc(CO)n(CC)c3=O)cc12. The summed E-state index contributed by atoms with van der Waals surface area (Å²) in [6.07, 6.45) is 1.61. The van der Waals surface area contributed by atoms with Crippen molar-refractivity contribution in [1.29, 1.82) is 0 Å². The first-order valence-corrected chi connectivity index (χ1v) is 10.7. The number of rotatable bonds is 5. The Morgan fingerprint density at radius 1 is 1.18 bits per heavy atom. The van der Waals surface area contributed by atoms with Crippen molar-refractivity contribution in [2.45, 2.75) is 33.9 Å². The van der Waals surface area contributed by atoms with Gasteiger partial charge in [0.2, 0.25) is 0 Å². The van der Waals surface area contributed by atoms with E-state index in [9.17, 15) is 14.7 Å². The van der Waals surface area contributed by atoms with Crippen LogP contribution >= 0.6 is 11.6 Å². The van der Waals surface area contributed by atoms with Gasteiger partial charge in [-0.05, 0) is 61.6 Å².